The molecule has 4 heterocycles. The minimum absolute atomic E-state index is 0.159. The molecule has 6 nitrogen and oxygen atoms in total. The fourth-order valence-electron chi connectivity index (χ4n) is 10.8. The lowest BCUT2D eigenvalue weighted by Crippen LogP contribution is -2.86. The van der Waals surface area contributed by atoms with Crippen molar-refractivity contribution in [1.29, 1.82) is 0 Å². The maximum Gasteiger partial charge on any atom is 0.372 e. The van der Waals surface area contributed by atoms with Crippen molar-refractivity contribution in [3.05, 3.63) is 249 Å². The van der Waals surface area contributed by atoms with Gasteiger partial charge in [0.1, 0.15) is 23.0 Å². The van der Waals surface area contributed by atoms with Gasteiger partial charge in [0.05, 0.1) is 27.6 Å². The molecule has 0 aliphatic carbocycles. The van der Waals surface area contributed by atoms with E-state index in [4.69, 9.17) is 14.5 Å². The number of hydrogen-bond acceptors (Lipinski definition) is 3. The molecule has 0 saturated heterocycles. The summed E-state index contributed by atoms with van der Waals surface area (Å²) in [6.45, 7) is 6.83. The first kappa shape index (κ1) is 42.3. The Morgan fingerprint density at radius 2 is 1.08 bits per heavy atom. The average Bonchev–Trinajstić information content (AvgIpc) is 3.97. The number of ether oxygens (including phenoxy) is 2. The van der Waals surface area contributed by atoms with E-state index in [0.29, 0.717) is 5.75 Å². The molecule has 0 amide bonds. The van der Waals surface area contributed by atoms with Crippen LogP contribution in [0.25, 0.3) is 66.5 Å². The summed E-state index contributed by atoms with van der Waals surface area (Å²) in [5.41, 5.74) is 11.7. The number of nitrogens with zero attached hydrogens (tertiary/aromatic N) is 4. The minimum atomic E-state index is -3.70. The Hall–Kier alpha value is -8.78. The number of para-hydroxylation sites is 4. The molecule has 7 heteroatoms. The lowest BCUT2D eigenvalue weighted by Gasteiger charge is -2.39. The molecule has 0 spiro atoms. The lowest BCUT2D eigenvalue weighted by molar-refractivity contribution is -0.515. The van der Waals surface area contributed by atoms with Crippen LogP contribution in [0.5, 0.6) is 23.0 Å². The first-order chi connectivity index (χ1) is 34.8. The molecule has 13 rings (SSSR count). The molecule has 71 heavy (non-hydrogen) atoms. The summed E-state index contributed by atoms with van der Waals surface area (Å²) in [4.78, 5) is 5.54. The Bertz CT molecular complexity index is 3900. The number of imidazole rings is 1. The Balaban J connectivity index is 1.06. The third kappa shape index (κ3) is 6.91. The zero-order valence-electron chi connectivity index (χ0n) is 39.6. The first-order valence-corrected chi connectivity index (χ1v) is 26.1. The fourth-order valence-corrected chi connectivity index (χ4v) is 15.9. The van der Waals surface area contributed by atoms with Gasteiger partial charge in [-0.05, 0) is 100.0 Å². The second-order valence-electron chi connectivity index (χ2n) is 19.3. The van der Waals surface area contributed by atoms with E-state index in [0.717, 1.165) is 88.6 Å². The highest BCUT2D eigenvalue weighted by atomic mass is 28.3. The summed E-state index contributed by atoms with van der Waals surface area (Å²) in [5, 5.41) is 5.60. The Kier molecular flexibility index (Phi) is 9.97. The van der Waals surface area contributed by atoms with E-state index in [2.05, 4.69) is 265 Å². The van der Waals surface area contributed by atoms with Crippen LogP contribution in [-0.2, 0) is 5.41 Å². The summed E-state index contributed by atoms with van der Waals surface area (Å²) in [7, 11) is -3.70. The van der Waals surface area contributed by atoms with Crippen molar-refractivity contribution in [2.24, 2.45) is 0 Å². The van der Waals surface area contributed by atoms with Crippen LogP contribution in [0.1, 0.15) is 26.3 Å². The zero-order chi connectivity index (χ0) is 47.7. The van der Waals surface area contributed by atoms with E-state index in [-0.39, 0.29) is 5.41 Å². The van der Waals surface area contributed by atoms with Crippen molar-refractivity contribution in [1.82, 2.24) is 14.1 Å². The summed E-state index contributed by atoms with van der Waals surface area (Å²) in [6, 6.07) is 81.5. The molecule has 0 atom stereocenters. The molecule has 0 radical (unpaired) electrons. The maximum absolute atomic E-state index is 7.20. The van der Waals surface area contributed by atoms with Crippen molar-refractivity contribution in [3.8, 4) is 56.6 Å². The van der Waals surface area contributed by atoms with Gasteiger partial charge < -0.3 is 22.8 Å². The Morgan fingerprint density at radius 1 is 0.507 bits per heavy atom. The highest BCUT2D eigenvalue weighted by Gasteiger charge is 2.57. The van der Waals surface area contributed by atoms with Crippen LogP contribution < -0.4 is 29.4 Å². The molecule has 1 aliphatic rings. The standard InChI is InChI=1S/C64H48N4O2Si/c1-64(2,3)46-38-39-65-61(40-46)71(62-51(44-20-7-4-8-21-44)29-18-34-59(62)70-60-35-19-30-52(63(60)71)45-22-9-5-10-23-45)67-43-66(56-32-15-16-33-57(56)67)48-26-17-27-49(41-48)69-50-36-37-54-53-28-13-14-31-55(53)68(58(54)42-50)47-24-11-6-12-25-47/h4-42H,1-3H3. The van der Waals surface area contributed by atoms with Gasteiger partial charge in [0.25, 0.3) is 0 Å². The van der Waals surface area contributed by atoms with Crippen LogP contribution in [0.2, 0.25) is 0 Å². The van der Waals surface area contributed by atoms with E-state index in [1.165, 1.54) is 16.3 Å². The van der Waals surface area contributed by atoms with E-state index in [9.17, 15) is 0 Å². The van der Waals surface area contributed by atoms with Gasteiger partial charge in [-0.1, -0.05) is 178 Å². The number of rotatable bonds is 8. The molecule has 0 saturated carbocycles. The van der Waals surface area contributed by atoms with E-state index in [1.807, 2.05) is 12.3 Å². The number of fused-ring (bicyclic) bond motifs is 6. The lowest BCUT2D eigenvalue weighted by atomic mass is 9.88. The normalized spacial score (nSPS) is 12.9. The van der Waals surface area contributed by atoms with Crippen LogP contribution in [0.3, 0.4) is 0 Å². The average molecular weight is 933 g/mol. The Labute approximate surface area is 414 Å². The number of pyridine rings is 1. The number of hydrogen-bond donors (Lipinski definition) is 0. The summed E-state index contributed by atoms with van der Waals surface area (Å²) in [6.07, 6.45) is 6.12. The second kappa shape index (κ2) is 16.7. The Morgan fingerprint density at radius 3 is 1.77 bits per heavy atom. The molecular formula is C64H48N4O2Si. The maximum atomic E-state index is 7.20. The van der Waals surface area contributed by atoms with Crippen LogP contribution in [0.15, 0.2) is 237 Å². The van der Waals surface area contributed by atoms with E-state index in [1.54, 1.807) is 0 Å². The molecule has 9 aromatic carbocycles. The molecule has 0 unspecified atom stereocenters. The highest BCUT2D eigenvalue weighted by molar-refractivity contribution is 7.07. The van der Waals surface area contributed by atoms with E-state index >= 15 is 0 Å². The summed E-state index contributed by atoms with van der Waals surface area (Å²) < 4.78 is 21.1. The van der Waals surface area contributed by atoms with Gasteiger partial charge in [0, 0.05) is 44.6 Å². The molecule has 340 valence electrons. The number of benzene rings is 9. The molecular weight excluding hydrogens is 885 g/mol. The summed E-state index contributed by atoms with van der Waals surface area (Å²) >= 11 is 0. The van der Waals surface area contributed by atoms with Gasteiger partial charge in [-0.15, -0.1) is 0 Å². The zero-order valence-corrected chi connectivity index (χ0v) is 40.6. The van der Waals surface area contributed by atoms with Crippen molar-refractivity contribution in [3.63, 3.8) is 0 Å². The van der Waals surface area contributed by atoms with Gasteiger partial charge in [-0.2, -0.15) is 0 Å². The van der Waals surface area contributed by atoms with E-state index < -0.39 is 8.24 Å². The molecule has 0 fully saturated rings. The molecule has 0 N–H and O–H groups in total. The largest absolute Gasteiger partial charge is 0.458 e. The molecule has 1 aliphatic heterocycles. The van der Waals surface area contributed by atoms with Crippen molar-refractivity contribution in [2.75, 3.05) is 0 Å². The van der Waals surface area contributed by atoms with Crippen molar-refractivity contribution in [2.45, 2.75) is 26.2 Å². The first-order valence-electron chi connectivity index (χ1n) is 24.2. The van der Waals surface area contributed by atoms with Gasteiger partial charge >= 0.3 is 8.24 Å². The monoisotopic (exact) mass is 932 g/mol. The SMILES string of the molecule is CC(C)(C)c1ccnc([Si]2([n+]3[c-]n(-c4cccc(Oc5ccc6c7ccccc7n(-c7ccccc7)c6c5)c4)c4ccccc43)c3c(cccc3-c3ccccc3)Oc3cccc(-c4ccccc4)c32)c1. The van der Waals surface area contributed by atoms with Gasteiger partial charge in [-0.3, -0.25) is 4.98 Å². The molecule has 0 bridgehead atoms. The van der Waals surface area contributed by atoms with Crippen LogP contribution >= 0.6 is 0 Å². The topological polar surface area (TPSA) is 45.1 Å². The minimum Gasteiger partial charge on any atom is -0.458 e. The van der Waals surface area contributed by atoms with Gasteiger partial charge in [0.2, 0.25) is 6.33 Å². The third-order valence-electron chi connectivity index (χ3n) is 14.0. The van der Waals surface area contributed by atoms with Crippen molar-refractivity contribution < 1.29 is 13.7 Å². The predicted molar refractivity (Wildman–Crippen MR) is 290 cm³/mol. The third-order valence-corrected chi connectivity index (χ3v) is 18.5. The summed E-state index contributed by atoms with van der Waals surface area (Å²) in [5.74, 6) is 3.10. The highest BCUT2D eigenvalue weighted by Crippen LogP contribution is 2.39. The van der Waals surface area contributed by atoms with Crippen LogP contribution in [0, 0.1) is 6.33 Å². The quantitative estimate of drug-likeness (QED) is 0.113. The number of aromatic nitrogens is 4. The second-order valence-corrected chi connectivity index (χ2v) is 22.7. The fraction of sp³-hybridized carbons (Fsp3) is 0.0625. The van der Waals surface area contributed by atoms with Crippen molar-refractivity contribution >= 4 is 56.8 Å². The smallest absolute Gasteiger partial charge is 0.372 e. The molecule has 3 aromatic heterocycles. The van der Waals surface area contributed by atoms with Gasteiger partial charge in [0.15, 0.2) is 0 Å². The predicted octanol–water partition coefficient (Wildman–Crippen LogP) is 13.3. The van der Waals surface area contributed by atoms with Crippen LogP contribution in [0.4, 0.5) is 0 Å². The van der Waals surface area contributed by atoms with Crippen LogP contribution in [-0.4, -0.2) is 22.4 Å². The molecule has 12 aromatic rings. The van der Waals surface area contributed by atoms with Gasteiger partial charge in [-0.25, -0.2) is 0 Å².